The molecule has 3 aliphatic rings. The summed E-state index contributed by atoms with van der Waals surface area (Å²) < 4.78 is 0. The van der Waals surface area contributed by atoms with Crippen molar-refractivity contribution in [3.05, 3.63) is 11.6 Å². The SMILES string of the molecule is CC=C(C)CN1CC(NC(=O)CCN2CCCCC2=O)C(C2CC2)C1. The summed E-state index contributed by atoms with van der Waals surface area (Å²) in [4.78, 5) is 28.6. The Hall–Kier alpha value is -1.36. The summed E-state index contributed by atoms with van der Waals surface area (Å²) in [5, 5.41) is 3.29. The van der Waals surface area contributed by atoms with E-state index in [1.807, 2.05) is 4.90 Å². The fourth-order valence-corrected chi connectivity index (χ4v) is 4.25. The van der Waals surface area contributed by atoms with Gasteiger partial charge in [-0.1, -0.05) is 11.6 Å². The molecule has 140 valence electrons. The molecule has 0 aromatic heterocycles. The first-order valence-corrected chi connectivity index (χ1v) is 9.98. The van der Waals surface area contributed by atoms with Gasteiger partial charge in [-0.15, -0.1) is 0 Å². The molecule has 3 rings (SSSR count). The highest BCUT2D eigenvalue weighted by molar-refractivity contribution is 5.79. The van der Waals surface area contributed by atoms with Crippen molar-refractivity contribution in [1.82, 2.24) is 15.1 Å². The minimum atomic E-state index is 0.110. The number of likely N-dealkylation sites (tertiary alicyclic amines) is 2. The Morgan fingerprint density at radius 1 is 1.28 bits per heavy atom. The molecule has 1 saturated carbocycles. The summed E-state index contributed by atoms with van der Waals surface area (Å²) in [6.07, 6.45) is 7.95. The van der Waals surface area contributed by atoms with Crippen molar-refractivity contribution in [1.29, 1.82) is 0 Å². The Labute approximate surface area is 151 Å². The third kappa shape index (κ3) is 5.06. The highest BCUT2D eigenvalue weighted by atomic mass is 16.2. The van der Waals surface area contributed by atoms with Crippen LogP contribution in [0.4, 0.5) is 0 Å². The van der Waals surface area contributed by atoms with Gasteiger partial charge in [0.1, 0.15) is 0 Å². The summed E-state index contributed by atoms with van der Waals surface area (Å²) in [6.45, 7) is 8.72. The summed E-state index contributed by atoms with van der Waals surface area (Å²) in [5.41, 5.74) is 1.39. The van der Waals surface area contributed by atoms with E-state index in [2.05, 4.69) is 30.1 Å². The van der Waals surface area contributed by atoms with Gasteiger partial charge < -0.3 is 10.2 Å². The predicted molar refractivity (Wildman–Crippen MR) is 99.1 cm³/mol. The number of hydrogen-bond acceptors (Lipinski definition) is 3. The fourth-order valence-electron chi connectivity index (χ4n) is 4.25. The van der Waals surface area contributed by atoms with Crippen molar-refractivity contribution >= 4 is 11.8 Å². The Balaban J connectivity index is 1.47. The van der Waals surface area contributed by atoms with E-state index in [4.69, 9.17) is 0 Å². The number of amides is 2. The molecule has 3 fully saturated rings. The second-order valence-corrected chi connectivity index (χ2v) is 8.09. The third-order valence-electron chi connectivity index (χ3n) is 6.01. The molecule has 0 spiro atoms. The van der Waals surface area contributed by atoms with Crippen molar-refractivity contribution in [2.24, 2.45) is 11.8 Å². The van der Waals surface area contributed by atoms with Crippen LogP contribution in [0, 0.1) is 11.8 Å². The maximum absolute atomic E-state index is 12.4. The lowest BCUT2D eigenvalue weighted by Crippen LogP contribution is -2.43. The smallest absolute Gasteiger partial charge is 0.222 e. The van der Waals surface area contributed by atoms with Crippen LogP contribution in [-0.4, -0.2) is 60.4 Å². The number of nitrogens with zero attached hydrogens (tertiary/aromatic N) is 2. The van der Waals surface area contributed by atoms with Gasteiger partial charge in [0, 0.05) is 51.6 Å². The van der Waals surface area contributed by atoms with E-state index in [1.165, 1.54) is 18.4 Å². The van der Waals surface area contributed by atoms with E-state index < -0.39 is 0 Å². The van der Waals surface area contributed by atoms with E-state index >= 15 is 0 Å². The molecular formula is C20H33N3O2. The quantitative estimate of drug-likeness (QED) is 0.718. The lowest BCUT2D eigenvalue weighted by atomic mass is 9.98. The zero-order chi connectivity index (χ0) is 17.8. The van der Waals surface area contributed by atoms with Crippen LogP contribution in [0.3, 0.4) is 0 Å². The summed E-state index contributed by atoms with van der Waals surface area (Å²) in [6, 6.07) is 0.279. The van der Waals surface area contributed by atoms with E-state index in [0.29, 0.717) is 25.3 Å². The van der Waals surface area contributed by atoms with Gasteiger partial charge in [0.2, 0.25) is 11.8 Å². The van der Waals surface area contributed by atoms with Gasteiger partial charge in [0.15, 0.2) is 0 Å². The first kappa shape index (κ1) is 18.4. The molecule has 2 atom stereocenters. The van der Waals surface area contributed by atoms with Crippen LogP contribution in [0.2, 0.25) is 0 Å². The topological polar surface area (TPSA) is 52.7 Å². The minimum Gasteiger partial charge on any atom is -0.352 e. The standard InChI is InChI=1S/C20H33N3O2/c1-3-15(2)12-22-13-17(16-7-8-16)18(14-22)21-19(24)9-11-23-10-5-4-6-20(23)25/h3,16-18H,4-14H2,1-2H3,(H,21,24). The zero-order valence-corrected chi connectivity index (χ0v) is 15.8. The lowest BCUT2D eigenvalue weighted by Gasteiger charge is -2.27. The highest BCUT2D eigenvalue weighted by Gasteiger charge is 2.42. The molecule has 0 aromatic rings. The number of piperidine rings is 1. The molecule has 0 bridgehead atoms. The number of nitrogens with one attached hydrogen (secondary N) is 1. The normalized spacial score (nSPS) is 28.5. The summed E-state index contributed by atoms with van der Waals surface area (Å²) >= 11 is 0. The van der Waals surface area contributed by atoms with Crippen molar-refractivity contribution in [2.45, 2.75) is 58.4 Å². The first-order chi connectivity index (χ1) is 12.1. The van der Waals surface area contributed by atoms with E-state index in [0.717, 1.165) is 44.9 Å². The highest BCUT2D eigenvalue weighted by Crippen LogP contribution is 2.41. The number of rotatable bonds is 7. The largest absolute Gasteiger partial charge is 0.352 e. The van der Waals surface area contributed by atoms with Gasteiger partial charge in [0.25, 0.3) is 0 Å². The number of carbonyl (C=O) groups excluding carboxylic acids is 2. The Morgan fingerprint density at radius 2 is 2.08 bits per heavy atom. The molecule has 1 N–H and O–H groups in total. The average molecular weight is 348 g/mol. The van der Waals surface area contributed by atoms with Crippen LogP contribution >= 0.6 is 0 Å². The Bertz CT molecular complexity index is 527. The van der Waals surface area contributed by atoms with E-state index in [1.54, 1.807) is 0 Å². The predicted octanol–water partition coefficient (Wildman–Crippen LogP) is 2.18. The summed E-state index contributed by atoms with van der Waals surface area (Å²) in [5.74, 6) is 1.72. The van der Waals surface area contributed by atoms with Crippen molar-refractivity contribution in [2.75, 3.05) is 32.7 Å². The second-order valence-electron chi connectivity index (χ2n) is 8.09. The Kier molecular flexibility index (Phi) is 6.15. The molecular weight excluding hydrogens is 314 g/mol. The van der Waals surface area contributed by atoms with Gasteiger partial charge >= 0.3 is 0 Å². The van der Waals surface area contributed by atoms with E-state index in [9.17, 15) is 9.59 Å². The van der Waals surface area contributed by atoms with Crippen molar-refractivity contribution < 1.29 is 9.59 Å². The minimum absolute atomic E-state index is 0.110. The zero-order valence-electron chi connectivity index (χ0n) is 15.8. The van der Waals surface area contributed by atoms with Gasteiger partial charge in [-0.25, -0.2) is 0 Å². The molecule has 2 amide bonds. The average Bonchev–Trinajstić information content (AvgIpc) is 3.37. The number of carbonyl (C=O) groups is 2. The van der Waals surface area contributed by atoms with Crippen LogP contribution < -0.4 is 5.32 Å². The molecule has 25 heavy (non-hydrogen) atoms. The van der Waals surface area contributed by atoms with Crippen LogP contribution in [0.25, 0.3) is 0 Å². The van der Waals surface area contributed by atoms with Crippen LogP contribution in [0.5, 0.6) is 0 Å². The van der Waals surface area contributed by atoms with Gasteiger partial charge in [-0.3, -0.25) is 14.5 Å². The summed E-state index contributed by atoms with van der Waals surface area (Å²) in [7, 11) is 0. The first-order valence-electron chi connectivity index (χ1n) is 9.98. The van der Waals surface area contributed by atoms with Crippen molar-refractivity contribution in [3.63, 3.8) is 0 Å². The molecule has 5 nitrogen and oxygen atoms in total. The third-order valence-corrected chi connectivity index (χ3v) is 6.01. The molecule has 2 saturated heterocycles. The fraction of sp³-hybridized carbons (Fsp3) is 0.800. The van der Waals surface area contributed by atoms with Crippen molar-refractivity contribution in [3.8, 4) is 0 Å². The van der Waals surface area contributed by atoms with Crippen LogP contribution in [0.1, 0.15) is 52.4 Å². The number of hydrogen-bond donors (Lipinski definition) is 1. The lowest BCUT2D eigenvalue weighted by molar-refractivity contribution is -0.133. The molecule has 0 radical (unpaired) electrons. The molecule has 2 heterocycles. The maximum atomic E-state index is 12.4. The van der Waals surface area contributed by atoms with E-state index in [-0.39, 0.29) is 17.9 Å². The molecule has 2 aliphatic heterocycles. The maximum Gasteiger partial charge on any atom is 0.222 e. The molecule has 5 heteroatoms. The van der Waals surface area contributed by atoms with Crippen LogP contribution in [-0.2, 0) is 9.59 Å². The van der Waals surface area contributed by atoms with Gasteiger partial charge in [-0.2, -0.15) is 0 Å². The molecule has 1 aliphatic carbocycles. The second kappa shape index (κ2) is 8.35. The van der Waals surface area contributed by atoms with Gasteiger partial charge in [-0.05, 0) is 51.4 Å². The Morgan fingerprint density at radius 3 is 2.76 bits per heavy atom. The molecule has 2 unspecified atom stereocenters. The monoisotopic (exact) mass is 347 g/mol. The van der Waals surface area contributed by atoms with Crippen LogP contribution in [0.15, 0.2) is 11.6 Å². The number of allylic oxidation sites excluding steroid dienone is 1. The molecule has 0 aromatic carbocycles. The van der Waals surface area contributed by atoms with Gasteiger partial charge in [0.05, 0.1) is 0 Å².